The Morgan fingerprint density at radius 1 is 0.667 bits per heavy atom. The summed E-state index contributed by atoms with van der Waals surface area (Å²) < 4.78 is 0. The number of allylic oxidation sites excluding steroid dienone is 6. The largest absolute Gasteiger partial charge is 0.0882 e. The van der Waals surface area contributed by atoms with Crippen LogP contribution in [0.5, 0.6) is 0 Å². The number of rotatable bonds is 0. The Kier molecular flexibility index (Phi) is 5.35. The molecule has 1 aliphatic carbocycles. The van der Waals surface area contributed by atoms with Crippen molar-refractivity contribution in [1.29, 1.82) is 0 Å². The number of hydrogen-bond donors (Lipinski definition) is 0. The summed E-state index contributed by atoms with van der Waals surface area (Å²) in [7, 11) is 0. The molecule has 0 unspecified atom stereocenters. The lowest BCUT2D eigenvalue weighted by Crippen LogP contribution is -1.76. The summed E-state index contributed by atoms with van der Waals surface area (Å²) in [5.41, 5.74) is 0. The monoisotopic (exact) mass is 161 g/mol. The van der Waals surface area contributed by atoms with Gasteiger partial charge in [-0.3, -0.25) is 0 Å². The van der Waals surface area contributed by atoms with Crippen LogP contribution in [0.25, 0.3) is 0 Å². The van der Waals surface area contributed by atoms with Crippen LogP contribution in [0, 0.1) is 6.42 Å². The van der Waals surface area contributed by atoms with Gasteiger partial charge in [0.15, 0.2) is 0 Å². The van der Waals surface area contributed by atoms with E-state index >= 15 is 0 Å². The van der Waals surface area contributed by atoms with Gasteiger partial charge in [0.1, 0.15) is 0 Å². The SMILES string of the molecule is [CH]1CC=CC=CCC=CCCC1. The first-order valence-corrected chi connectivity index (χ1v) is 4.78. The van der Waals surface area contributed by atoms with E-state index in [0.29, 0.717) is 0 Å². The van der Waals surface area contributed by atoms with Crippen molar-refractivity contribution >= 4 is 0 Å². The summed E-state index contributed by atoms with van der Waals surface area (Å²) in [6.07, 6.45) is 21.5. The molecule has 65 valence electrons. The maximum Gasteiger partial charge on any atom is -0.0166 e. The van der Waals surface area contributed by atoms with Crippen LogP contribution in [0.3, 0.4) is 0 Å². The van der Waals surface area contributed by atoms with Crippen LogP contribution in [-0.2, 0) is 0 Å². The second-order valence-corrected chi connectivity index (χ2v) is 3.02. The Morgan fingerprint density at radius 3 is 2.42 bits per heavy atom. The van der Waals surface area contributed by atoms with E-state index in [4.69, 9.17) is 0 Å². The zero-order chi connectivity index (χ0) is 8.49. The lowest BCUT2D eigenvalue weighted by Gasteiger charge is -1.95. The average molecular weight is 161 g/mol. The summed E-state index contributed by atoms with van der Waals surface area (Å²) >= 11 is 0. The molecular weight excluding hydrogens is 144 g/mol. The molecule has 0 aromatic heterocycles. The van der Waals surface area contributed by atoms with Crippen LogP contribution in [-0.4, -0.2) is 0 Å². The van der Waals surface area contributed by atoms with E-state index in [9.17, 15) is 0 Å². The Labute approximate surface area is 75.7 Å². The third kappa shape index (κ3) is 4.95. The predicted octanol–water partition coefficient (Wildman–Crippen LogP) is 3.82. The topological polar surface area (TPSA) is 0 Å². The van der Waals surface area contributed by atoms with Crippen LogP contribution < -0.4 is 0 Å². The molecule has 0 heteroatoms. The van der Waals surface area contributed by atoms with Crippen molar-refractivity contribution in [1.82, 2.24) is 0 Å². The van der Waals surface area contributed by atoms with Crippen molar-refractivity contribution in [2.75, 3.05) is 0 Å². The van der Waals surface area contributed by atoms with Crippen LogP contribution in [0.1, 0.15) is 32.1 Å². The summed E-state index contributed by atoms with van der Waals surface area (Å²) in [6, 6.07) is 0. The fourth-order valence-electron chi connectivity index (χ4n) is 1.20. The van der Waals surface area contributed by atoms with Gasteiger partial charge in [0.25, 0.3) is 0 Å². The molecule has 0 N–H and O–H groups in total. The van der Waals surface area contributed by atoms with Crippen molar-refractivity contribution in [2.24, 2.45) is 0 Å². The smallest absolute Gasteiger partial charge is 0.0166 e. The molecule has 0 heterocycles. The maximum absolute atomic E-state index is 2.35. The van der Waals surface area contributed by atoms with Crippen LogP contribution in [0.15, 0.2) is 36.5 Å². The van der Waals surface area contributed by atoms with Gasteiger partial charge in [-0.2, -0.15) is 0 Å². The molecule has 0 saturated carbocycles. The molecular formula is C12H17. The molecule has 0 amide bonds. The lowest BCUT2D eigenvalue weighted by molar-refractivity contribution is 0.809. The Bertz CT molecular complexity index is 172. The van der Waals surface area contributed by atoms with E-state index in [0.717, 1.165) is 12.8 Å². The Balaban J connectivity index is 2.31. The summed E-state index contributed by atoms with van der Waals surface area (Å²) in [5.74, 6) is 0. The lowest BCUT2D eigenvalue weighted by atomic mass is 10.1. The van der Waals surface area contributed by atoms with Gasteiger partial charge in [0, 0.05) is 0 Å². The van der Waals surface area contributed by atoms with E-state index in [2.05, 4.69) is 42.9 Å². The van der Waals surface area contributed by atoms with Crippen LogP contribution in [0.2, 0.25) is 0 Å². The predicted molar refractivity (Wildman–Crippen MR) is 54.8 cm³/mol. The molecule has 0 aliphatic heterocycles. The summed E-state index contributed by atoms with van der Waals surface area (Å²) in [4.78, 5) is 0. The second kappa shape index (κ2) is 6.90. The van der Waals surface area contributed by atoms with E-state index in [-0.39, 0.29) is 0 Å². The first-order valence-electron chi connectivity index (χ1n) is 4.78. The fourth-order valence-corrected chi connectivity index (χ4v) is 1.20. The zero-order valence-electron chi connectivity index (χ0n) is 7.58. The quantitative estimate of drug-likeness (QED) is 0.474. The maximum atomic E-state index is 2.35. The molecule has 1 aliphatic rings. The molecule has 1 radical (unpaired) electrons. The first kappa shape index (κ1) is 9.31. The van der Waals surface area contributed by atoms with Gasteiger partial charge < -0.3 is 0 Å². The van der Waals surface area contributed by atoms with Gasteiger partial charge in [-0.1, -0.05) is 36.5 Å². The van der Waals surface area contributed by atoms with E-state index in [1.807, 2.05) is 0 Å². The summed E-state index contributed by atoms with van der Waals surface area (Å²) in [6.45, 7) is 0. The van der Waals surface area contributed by atoms with E-state index in [1.165, 1.54) is 19.3 Å². The summed E-state index contributed by atoms with van der Waals surface area (Å²) in [5, 5.41) is 0. The standard InChI is InChI=1S/C12H17/c1-2-4-6-8-10-12-11-9-7-5-3-1/h1-4,7-9H,5-6,10-12H2. The molecule has 0 aromatic rings. The van der Waals surface area contributed by atoms with E-state index in [1.54, 1.807) is 0 Å². The minimum atomic E-state index is 1.08. The molecule has 0 fully saturated rings. The van der Waals surface area contributed by atoms with Gasteiger partial charge in [-0.15, -0.1) is 0 Å². The third-order valence-electron chi connectivity index (χ3n) is 1.90. The van der Waals surface area contributed by atoms with Crippen molar-refractivity contribution in [3.8, 4) is 0 Å². The molecule has 1 rings (SSSR count). The highest BCUT2D eigenvalue weighted by molar-refractivity contribution is 5.06. The van der Waals surface area contributed by atoms with Gasteiger partial charge in [0.05, 0.1) is 0 Å². The molecule has 0 nitrogen and oxygen atoms in total. The fraction of sp³-hybridized carbons (Fsp3) is 0.417. The van der Waals surface area contributed by atoms with E-state index < -0.39 is 0 Å². The molecule has 0 atom stereocenters. The van der Waals surface area contributed by atoms with Crippen LogP contribution >= 0.6 is 0 Å². The molecule has 0 bridgehead atoms. The molecule has 0 spiro atoms. The average Bonchev–Trinajstić information content (AvgIpc) is 2.05. The first-order chi connectivity index (χ1) is 6.00. The van der Waals surface area contributed by atoms with Gasteiger partial charge in [-0.25, -0.2) is 0 Å². The normalized spacial score (nSPS) is 20.0. The highest BCUT2D eigenvalue weighted by Crippen LogP contribution is 2.04. The second-order valence-electron chi connectivity index (χ2n) is 3.02. The van der Waals surface area contributed by atoms with Crippen molar-refractivity contribution in [2.45, 2.75) is 32.1 Å². The van der Waals surface area contributed by atoms with Gasteiger partial charge in [0.2, 0.25) is 0 Å². The Morgan fingerprint density at radius 2 is 1.50 bits per heavy atom. The molecule has 12 heavy (non-hydrogen) atoms. The van der Waals surface area contributed by atoms with Gasteiger partial charge in [-0.05, 0) is 38.5 Å². The van der Waals surface area contributed by atoms with Crippen LogP contribution in [0.4, 0.5) is 0 Å². The highest BCUT2D eigenvalue weighted by atomic mass is 13.9. The Hall–Kier alpha value is -0.780. The minimum absolute atomic E-state index is 1.08. The minimum Gasteiger partial charge on any atom is -0.0882 e. The van der Waals surface area contributed by atoms with Crippen molar-refractivity contribution in [3.05, 3.63) is 42.9 Å². The van der Waals surface area contributed by atoms with Crippen molar-refractivity contribution in [3.63, 3.8) is 0 Å². The third-order valence-corrected chi connectivity index (χ3v) is 1.90. The molecule has 0 saturated heterocycles. The zero-order valence-corrected chi connectivity index (χ0v) is 7.58. The molecule has 0 aromatic carbocycles. The van der Waals surface area contributed by atoms with Crippen molar-refractivity contribution < 1.29 is 0 Å². The van der Waals surface area contributed by atoms with Gasteiger partial charge >= 0.3 is 0 Å². The highest BCUT2D eigenvalue weighted by Gasteiger charge is 1.86. The number of hydrogen-bond acceptors (Lipinski definition) is 0.